The van der Waals surface area contributed by atoms with Crippen molar-refractivity contribution in [2.24, 2.45) is 0 Å². The molecule has 1 saturated heterocycles. The fourth-order valence-electron chi connectivity index (χ4n) is 3.07. The number of hydrogen-bond donors (Lipinski definition) is 1. The van der Waals surface area contributed by atoms with Gasteiger partial charge in [0.1, 0.15) is 0 Å². The van der Waals surface area contributed by atoms with E-state index < -0.39 is 5.97 Å². The number of rotatable bonds is 16. The van der Waals surface area contributed by atoms with Gasteiger partial charge in [0.25, 0.3) is 0 Å². The maximum atomic E-state index is 10.3. The molecule has 1 aliphatic heterocycles. The van der Waals surface area contributed by atoms with Gasteiger partial charge in [0.2, 0.25) is 0 Å². The Balaban J connectivity index is 1.70. The zero-order chi connectivity index (χ0) is 16.8. The van der Waals surface area contributed by atoms with E-state index in [0.717, 1.165) is 19.3 Å². The highest BCUT2D eigenvalue weighted by Gasteiger charge is 2.35. The van der Waals surface area contributed by atoms with Crippen LogP contribution in [0.5, 0.6) is 0 Å². The lowest BCUT2D eigenvalue weighted by Gasteiger charge is -2.01. The van der Waals surface area contributed by atoms with E-state index in [1.807, 2.05) is 0 Å². The van der Waals surface area contributed by atoms with Crippen molar-refractivity contribution in [3.63, 3.8) is 0 Å². The van der Waals surface area contributed by atoms with Crippen LogP contribution < -0.4 is 0 Å². The van der Waals surface area contributed by atoms with Crippen LogP contribution >= 0.6 is 0 Å². The van der Waals surface area contributed by atoms with Crippen molar-refractivity contribution in [1.29, 1.82) is 0 Å². The van der Waals surface area contributed by atoms with Crippen LogP contribution in [0.4, 0.5) is 0 Å². The summed E-state index contributed by atoms with van der Waals surface area (Å²) < 4.78 is 5.56. The Hall–Kier alpha value is -0.830. The minimum atomic E-state index is -0.690. The van der Waals surface area contributed by atoms with E-state index in [2.05, 4.69) is 19.1 Å². The van der Waals surface area contributed by atoms with Crippen LogP contribution in [0.3, 0.4) is 0 Å². The maximum absolute atomic E-state index is 10.3. The molecule has 134 valence electrons. The molecule has 0 spiro atoms. The summed E-state index contributed by atoms with van der Waals surface area (Å²) in [5.74, 6) is -0.690. The van der Waals surface area contributed by atoms with Gasteiger partial charge in [0, 0.05) is 6.42 Å². The number of carboxylic acids is 1. The molecule has 0 amide bonds. The van der Waals surface area contributed by atoms with E-state index in [1.165, 1.54) is 64.2 Å². The lowest BCUT2D eigenvalue weighted by Crippen LogP contribution is -1.92. The minimum absolute atomic E-state index is 0.289. The second-order valence-corrected chi connectivity index (χ2v) is 6.78. The van der Waals surface area contributed by atoms with Crippen LogP contribution in [-0.4, -0.2) is 23.3 Å². The summed E-state index contributed by atoms with van der Waals surface area (Å²) in [4.78, 5) is 10.3. The molecule has 1 rings (SSSR count). The third-order valence-electron chi connectivity index (χ3n) is 4.63. The van der Waals surface area contributed by atoms with Crippen LogP contribution in [-0.2, 0) is 9.53 Å². The monoisotopic (exact) mass is 324 g/mol. The van der Waals surface area contributed by atoms with E-state index >= 15 is 0 Å². The average Bonchev–Trinajstić information content (AvgIpc) is 3.29. The van der Waals surface area contributed by atoms with Crippen molar-refractivity contribution in [2.75, 3.05) is 0 Å². The second-order valence-electron chi connectivity index (χ2n) is 6.78. The van der Waals surface area contributed by atoms with E-state index in [-0.39, 0.29) is 6.42 Å². The van der Waals surface area contributed by atoms with Crippen molar-refractivity contribution in [1.82, 2.24) is 0 Å². The average molecular weight is 325 g/mol. The molecule has 0 radical (unpaired) electrons. The lowest BCUT2D eigenvalue weighted by atomic mass is 10.0. The Morgan fingerprint density at radius 2 is 1.43 bits per heavy atom. The molecule has 0 bridgehead atoms. The van der Waals surface area contributed by atoms with Crippen LogP contribution in [0.15, 0.2) is 12.2 Å². The van der Waals surface area contributed by atoms with Crippen LogP contribution in [0.2, 0.25) is 0 Å². The number of aliphatic carboxylic acids is 1. The molecule has 1 aliphatic rings. The molecule has 0 saturated carbocycles. The molecule has 0 unspecified atom stereocenters. The molecular formula is C20H36O3. The van der Waals surface area contributed by atoms with Crippen molar-refractivity contribution < 1.29 is 14.6 Å². The van der Waals surface area contributed by atoms with Gasteiger partial charge >= 0.3 is 5.97 Å². The fraction of sp³-hybridized carbons (Fsp3) is 0.850. The lowest BCUT2D eigenvalue weighted by molar-refractivity contribution is -0.137. The molecule has 2 atom stereocenters. The zero-order valence-corrected chi connectivity index (χ0v) is 15.0. The predicted octanol–water partition coefficient (Wildman–Crippen LogP) is 5.88. The molecule has 1 heterocycles. The van der Waals surface area contributed by atoms with Crippen LogP contribution in [0.25, 0.3) is 0 Å². The fourth-order valence-corrected chi connectivity index (χ4v) is 3.07. The highest BCUT2D eigenvalue weighted by molar-refractivity contribution is 5.66. The third-order valence-corrected chi connectivity index (χ3v) is 4.63. The number of allylic oxidation sites excluding steroid dienone is 2. The van der Waals surface area contributed by atoms with Gasteiger partial charge in [-0.2, -0.15) is 0 Å². The Morgan fingerprint density at radius 1 is 0.870 bits per heavy atom. The number of carbonyl (C=O) groups is 1. The van der Waals surface area contributed by atoms with Crippen molar-refractivity contribution in [2.45, 2.75) is 109 Å². The van der Waals surface area contributed by atoms with Crippen molar-refractivity contribution >= 4 is 5.97 Å². The van der Waals surface area contributed by atoms with Gasteiger partial charge in [-0.25, -0.2) is 0 Å². The summed E-state index contributed by atoms with van der Waals surface area (Å²) in [6.45, 7) is 2.21. The molecule has 1 fully saturated rings. The topological polar surface area (TPSA) is 49.8 Å². The standard InChI is InChI=1S/C20H36O3/c1-2-18-19(23-18)16-14-12-10-8-6-4-3-5-7-9-11-13-15-17-20(21)22/h9,11,18-19H,2-8,10,12-17H2,1H3,(H,21,22)/b11-9-/t18-,19+/m1/s1. The molecule has 3 heteroatoms. The summed E-state index contributed by atoms with van der Waals surface area (Å²) in [5, 5.41) is 8.52. The van der Waals surface area contributed by atoms with E-state index in [0.29, 0.717) is 12.2 Å². The highest BCUT2D eigenvalue weighted by atomic mass is 16.6. The third kappa shape index (κ3) is 12.3. The van der Waals surface area contributed by atoms with Crippen molar-refractivity contribution in [3.8, 4) is 0 Å². The van der Waals surface area contributed by atoms with E-state index in [9.17, 15) is 4.79 Å². The first-order chi connectivity index (χ1) is 11.2. The van der Waals surface area contributed by atoms with Gasteiger partial charge in [0.15, 0.2) is 0 Å². The summed E-state index contributed by atoms with van der Waals surface area (Å²) in [7, 11) is 0. The largest absolute Gasteiger partial charge is 0.481 e. The van der Waals surface area contributed by atoms with Gasteiger partial charge in [-0.3, -0.25) is 4.79 Å². The Kier molecular flexibility index (Phi) is 11.9. The first-order valence-corrected chi connectivity index (χ1v) is 9.76. The quantitative estimate of drug-likeness (QED) is 0.219. The van der Waals surface area contributed by atoms with E-state index in [4.69, 9.17) is 9.84 Å². The number of carboxylic acid groups (broad SMARTS) is 1. The summed E-state index contributed by atoms with van der Waals surface area (Å²) in [6, 6.07) is 0. The number of hydrogen-bond acceptors (Lipinski definition) is 2. The summed E-state index contributed by atoms with van der Waals surface area (Å²) >= 11 is 0. The second kappa shape index (κ2) is 13.6. The minimum Gasteiger partial charge on any atom is -0.481 e. The van der Waals surface area contributed by atoms with Gasteiger partial charge < -0.3 is 9.84 Å². The normalized spacial score (nSPS) is 20.2. The molecular weight excluding hydrogens is 288 g/mol. The predicted molar refractivity (Wildman–Crippen MR) is 95.7 cm³/mol. The Labute approximate surface area is 142 Å². The molecule has 0 aromatic heterocycles. The SMILES string of the molecule is CC[C@H]1O[C@H]1CCCCCCCCCC/C=C\CCCC(=O)O. The van der Waals surface area contributed by atoms with E-state index in [1.54, 1.807) is 0 Å². The molecule has 0 aromatic rings. The van der Waals surface area contributed by atoms with Crippen LogP contribution in [0.1, 0.15) is 96.8 Å². The smallest absolute Gasteiger partial charge is 0.303 e. The van der Waals surface area contributed by atoms with Crippen LogP contribution in [0, 0.1) is 0 Å². The molecule has 0 aromatic carbocycles. The van der Waals surface area contributed by atoms with Gasteiger partial charge in [-0.05, 0) is 38.5 Å². The first kappa shape index (κ1) is 20.2. The maximum Gasteiger partial charge on any atom is 0.303 e. The first-order valence-electron chi connectivity index (χ1n) is 9.76. The Bertz CT molecular complexity index is 325. The highest BCUT2D eigenvalue weighted by Crippen LogP contribution is 2.29. The molecule has 1 N–H and O–H groups in total. The molecule has 23 heavy (non-hydrogen) atoms. The van der Waals surface area contributed by atoms with Gasteiger partial charge in [-0.1, -0.05) is 64.0 Å². The number of ether oxygens (including phenoxy) is 1. The Morgan fingerprint density at radius 3 is 2.00 bits per heavy atom. The summed E-state index contributed by atoms with van der Waals surface area (Å²) in [6.07, 6.45) is 21.9. The van der Waals surface area contributed by atoms with Gasteiger partial charge in [-0.15, -0.1) is 0 Å². The van der Waals surface area contributed by atoms with Crippen molar-refractivity contribution in [3.05, 3.63) is 12.2 Å². The molecule has 0 aliphatic carbocycles. The summed E-state index contributed by atoms with van der Waals surface area (Å²) in [5.41, 5.74) is 0. The molecule has 3 nitrogen and oxygen atoms in total. The zero-order valence-electron chi connectivity index (χ0n) is 15.0. The number of unbranched alkanes of at least 4 members (excludes halogenated alkanes) is 9. The number of epoxide rings is 1. The van der Waals surface area contributed by atoms with Gasteiger partial charge in [0.05, 0.1) is 12.2 Å².